The van der Waals surface area contributed by atoms with E-state index in [1.165, 1.54) is 17.2 Å². The molecule has 0 amide bonds. The number of ether oxygens (including phenoxy) is 1. The first kappa shape index (κ1) is 17.6. The van der Waals surface area contributed by atoms with E-state index in [9.17, 15) is 19.3 Å². The standard InChI is InChI=1S/C10H14N4O8P2/c15-6-4(1-21-24(18,19)20)22-10(7(6)16)14-3-13-5-8(14)11-2-12-9(5)23-17/h2-4,6-7,9-10,15-16H,1H2,(H,11,12)(H2,18,19,20)/t4-,6-,7-,9?,10-/m1/s1. The second-order valence-corrected chi connectivity index (χ2v) is 7.06. The molecule has 0 aromatic carbocycles. The predicted octanol–water partition coefficient (Wildman–Crippen LogP) is -0.644. The number of aromatic nitrogens is 2. The third-order valence-electron chi connectivity index (χ3n) is 3.60. The number of nitrogens with zero attached hydrogens (tertiary/aromatic N) is 3. The molecule has 1 saturated heterocycles. The second-order valence-electron chi connectivity index (χ2n) is 5.12. The molecule has 1 aromatic heterocycles. The Bertz CT molecular complexity index is 705. The Kier molecular flexibility index (Phi) is 4.82. The summed E-state index contributed by atoms with van der Waals surface area (Å²) in [6.07, 6.45) is -2.41. The maximum Gasteiger partial charge on any atom is 0.469 e. The smallest absolute Gasteiger partial charge is 0.387 e. The number of aliphatic hydroxyl groups excluding tert-OH is 2. The van der Waals surface area contributed by atoms with Crippen molar-refractivity contribution in [1.29, 1.82) is 0 Å². The average Bonchev–Trinajstić information content (AvgIpc) is 3.07. The quantitative estimate of drug-likeness (QED) is 0.413. The van der Waals surface area contributed by atoms with Crippen LogP contribution in [0.4, 0.5) is 5.82 Å². The number of hydrogen-bond donors (Lipinski definition) is 5. The zero-order valence-corrected chi connectivity index (χ0v) is 13.7. The number of imidazole rings is 1. The molecule has 3 heterocycles. The van der Waals surface area contributed by atoms with Gasteiger partial charge in [0.2, 0.25) is 0 Å². The van der Waals surface area contributed by atoms with E-state index in [0.717, 1.165) is 0 Å². The van der Waals surface area contributed by atoms with Gasteiger partial charge in [0.1, 0.15) is 29.8 Å². The summed E-state index contributed by atoms with van der Waals surface area (Å²) in [6, 6.07) is 0. The SMILES string of the molecule is O=PC1N=CNc2c1ncn2[C@@H]1O[C@H](COP(=O)(O)O)[C@@H](O)[C@H]1O. The van der Waals surface area contributed by atoms with Crippen LogP contribution in [0.2, 0.25) is 0 Å². The molecule has 5 N–H and O–H groups in total. The molecule has 1 fully saturated rings. The number of rotatable bonds is 5. The molecule has 0 aliphatic carbocycles. The summed E-state index contributed by atoms with van der Waals surface area (Å²) in [7, 11) is -4.99. The van der Waals surface area contributed by atoms with Crippen LogP contribution < -0.4 is 5.32 Å². The average molecular weight is 380 g/mol. The fourth-order valence-corrected chi connectivity index (χ4v) is 3.24. The number of fused-ring (bicyclic) bond motifs is 1. The fraction of sp³-hybridized carbons (Fsp3) is 0.600. The molecule has 2 aliphatic heterocycles. The molecule has 0 saturated carbocycles. The molecule has 14 heteroatoms. The van der Waals surface area contributed by atoms with Gasteiger partial charge in [0.25, 0.3) is 0 Å². The van der Waals surface area contributed by atoms with Gasteiger partial charge in [0.05, 0.1) is 19.3 Å². The Hall–Kier alpha value is -1.23. The van der Waals surface area contributed by atoms with E-state index >= 15 is 0 Å². The minimum Gasteiger partial charge on any atom is -0.387 e. The van der Waals surface area contributed by atoms with Crippen LogP contribution in [0.1, 0.15) is 17.7 Å². The lowest BCUT2D eigenvalue weighted by Crippen LogP contribution is -2.33. The van der Waals surface area contributed by atoms with E-state index in [2.05, 4.69) is 19.8 Å². The molecule has 12 nitrogen and oxygen atoms in total. The highest BCUT2D eigenvalue weighted by molar-refractivity contribution is 7.46. The lowest BCUT2D eigenvalue weighted by atomic mass is 10.1. The number of nitrogens with one attached hydrogen (secondary N) is 1. The van der Waals surface area contributed by atoms with Crippen molar-refractivity contribution in [1.82, 2.24) is 9.55 Å². The lowest BCUT2D eigenvalue weighted by Gasteiger charge is -2.21. The van der Waals surface area contributed by atoms with Crippen LogP contribution in [0, 0.1) is 0 Å². The molecule has 1 unspecified atom stereocenters. The summed E-state index contributed by atoms with van der Waals surface area (Å²) in [4.78, 5) is 25.4. The molecule has 5 atom stereocenters. The van der Waals surface area contributed by atoms with Crippen molar-refractivity contribution >= 4 is 28.4 Å². The summed E-state index contributed by atoms with van der Waals surface area (Å²) in [6.45, 7) is -0.605. The van der Waals surface area contributed by atoms with Gasteiger partial charge < -0.3 is 30.1 Å². The molecule has 0 spiro atoms. The zero-order chi connectivity index (χ0) is 17.5. The molecule has 0 bridgehead atoms. The first-order valence-electron chi connectivity index (χ1n) is 6.71. The van der Waals surface area contributed by atoms with Crippen LogP contribution >= 0.6 is 16.3 Å². The first-order valence-corrected chi connectivity index (χ1v) is 9.12. The van der Waals surface area contributed by atoms with Gasteiger partial charge >= 0.3 is 7.82 Å². The predicted molar refractivity (Wildman–Crippen MR) is 78.6 cm³/mol. The van der Waals surface area contributed by atoms with Gasteiger partial charge in [-0.1, -0.05) is 0 Å². The maximum absolute atomic E-state index is 11.1. The van der Waals surface area contributed by atoms with Crippen LogP contribution in [-0.2, 0) is 18.4 Å². The molecule has 1 aromatic rings. The number of anilines is 1. The fourth-order valence-electron chi connectivity index (χ4n) is 2.49. The van der Waals surface area contributed by atoms with Crippen molar-refractivity contribution in [3.8, 4) is 0 Å². The number of phosphoric ester groups is 1. The van der Waals surface area contributed by atoms with Crippen LogP contribution in [0.3, 0.4) is 0 Å². The molecule has 2 aliphatic rings. The summed E-state index contributed by atoms with van der Waals surface area (Å²) in [5.74, 6) is -0.314. The summed E-state index contributed by atoms with van der Waals surface area (Å²) in [5, 5.41) is 22.9. The molecule has 3 rings (SSSR count). The van der Waals surface area contributed by atoms with E-state index in [0.29, 0.717) is 11.5 Å². The van der Waals surface area contributed by atoms with Gasteiger partial charge in [-0.25, -0.2) is 9.55 Å². The molecule has 0 radical (unpaired) electrons. The van der Waals surface area contributed by atoms with E-state index in [-0.39, 0.29) is 8.46 Å². The first-order chi connectivity index (χ1) is 11.3. The third kappa shape index (κ3) is 3.28. The molecular weight excluding hydrogens is 366 g/mol. The Morgan fingerprint density at radius 1 is 1.42 bits per heavy atom. The summed E-state index contributed by atoms with van der Waals surface area (Å²) >= 11 is 0. The second kappa shape index (κ2) is 6.58. The molecule has 24 heavy (non-hydrogen) atoms. The highest BCUT2D eigenvalue weighted by atomic mass is 31.2. The Morgan fingerprint density at radius 2 is 2.17 bits per heavy atom. The number of aliphatic imine (C=N–C) groups is 1. The topological polar surface area (TPSA) is 176 Å². The van der Waals surface area contributed by atoms with Crippen molar-refractivity contribution < 1.29 is 38.4 Å². The van der Waals surface area contributed by atoms with E-state index in [1.54, 1.807) is 0 Å². The number of hydrogen-bond acceptors (Lipinski definition) is 9. The maximum atomic E-state index is 11.1. The van der Waals surface area contributed by atoms with Gasteiger partial charge in [-0.3, -0.25) is 18.6 Å². The molecular formula is C10H14N4O8P2. The van der Waals surface area contributed by atoms with Crippen LogP contribution in [-0.4, -0.2) is 60.8 Å². The highest BCUT2D eigenvalue weighted by Crippen LogP contribution is 2.41. The monoisotopic (exact) mass is 380 g/mol. The van der Waals surface area contributed by atoms with Crippen molar-refractivity contribution in [2.24, 2.45) is 4.99 Å². The van der Waals surface area contributed by atoms with Crippen LogP contribution in [0.5, 0.6) is 0 Å². The Balaban J connectivity index is 1.80. The Labute approximate surface area is 136 Å². The van der Waals surface area contributed by atoms with Crippen molar-refractivity contribution in [3.63, 3.8) is 0 Å². The van der Waals surface area contributed by atoms with Gasteiger partial charge in [0, 0.05) is 0 Å². The lowest BCUT2D eigenvalue weighted by molar-refractivity contribution is -0.0511. The summed E-state index contributed by atoms with van der Waals surface area (Å²) < 4.78 is 33.0. The van der Waals surface area contributed by atoms with Crippen molar-refractivity contribution in [3.05, 3.63) is 12.0 Å². The van der Waals surface area contributed by atoms with Gasteiger partial charge in [0.15, 0.2) is 20.5 Å². The number of phosphoric acid groups is 1. The summed E-state index contributed by atoms with van der Waals surface area (Å²) in [5.41, 5.74) is 0.370. The van der Waals surface area contributed by atoms with Gasteiger partial charge in [-0.15, -0.1) is 0 Å². The van der Waals surface area contributed by atoms with Crippen LogP contribution in [0.25, 0.3) is 0 Å². The third-order valence-corrected chi connectivity index (χ3v) is 4.66. The minimum absolute atomic E-state index is 0.257. The highest BCUT2D eigenvalue weighted by Gasteiger charge is 2.45. The van der Waals surface area contributed by atoms with Gasteiger partial charge in [-0.2, -0.15) is 0 Å². The largest absolute Gasteiger partial charge is 0.469 e. The Morgan fingerprint density at radius 3 is 2.83 bits per heavy atom. The van der Waals surface area contributed by atoms with E-state index < -0.39 is 44.8 Å². The van der Waals surface area contributed by atoms with Crippen molar-refractivity contribution in [2.75, 3.05) is 11.9 Å². The number of aliphatic hydroxyl groups is 2. The van der Waals surface area contributed by atoms with E-state index in [4.69, 9.17) is 14.5 Å². The van der Waals surface area contributed by atoms with Crippen molar-refractivity contribution in [2.45, 2.75) is 30.3 Å². The van der Waals surface area contributed by atoms with E-state index in [1.807, 2.05) is 0 Å². The molecule has 132 valence electrons. The van der Waals surface area contributed by atoms with Crippen LogP contribution in [0.15, 0.2) is 11.3 Å². The zero-order valence-electron chi connectivity index (χ0n) is 11.9. The van der Waals surface area contributed by atoms with Gasteiger partial charge in [-0.05, 0) is 0 Å². The minimum atomic E-state index is -4.73. The normalized spacial score (nSPS) is 32.8.